The van der Waals surface area contributed by atoms with Crippen molar-refractivity contribution in [3.8, 4) is 5.75 Å². The number of rotatable bonds is 4. The fourth-order valence-electron chi connectivity index (χ4n) is 2.53. The quantitative estimate of drug-likeness (QED) is 0.924. The lowest BCUT2D eigenvalue weighted by Crippen LogP contribution is -2.50. The number of benzene rings is 1. The highest BCUT2D eigenvalue weighted by molar-refractivity contribution is 6.31. The molecule has 0 aliphatic carbocycles. The van der Waals surface area contributed by atoms with Crippen molar-refractivity contribution >= 4 is 23.2 Å². The van der Waals surface area contributed by atoms with Crippen LogP contribution in [-0.4, -0.2) is 49.8 Å². The van der Waals surface area contributed by atoms with Crippen LogP contribution in [0.3, 0.4) is 0 Å². The van der Waals surface area contributed by atoms with Gasteiger partial charge in [-0.05, 0) is 32.4 Å². The molecule has 0 radical (unpaired) electrons. The van der Waals surface area contributed by atoms with Gasteiger partial charge in [0.15, 0.2) is 0 Å². The summed E-state index contributed by atoms with van der Waals surface area (Å²) in [6.45, 7) is 7.98. The smallest absolute Gasteiger partial charge is 0.241 e. The van der Waals surface area contributed by atoms with E-state index in [0.717, 1.165) is 18.7 Å². The van der Waals surface area contributed by atoms with Gasteiger partial charge < -0.3 is 14.8 Å². The molecule has 1 aliphatic rings. The molecule has 22 heavy (non-hydrogen) atoms. The molecule has 0 unspecified atom stereocenters. The number of nitrogens with one attached hydrogen (secondary N) is 1. The van der Waals surface area contributed by atoms with Crippen LogP contribution in [0, 0.1) is 6.92 Å². The summed E-state index contributed by atoms with van der Waals surface area (Å²) in [5.74, 6) is 0.501. The third kappa shape index (κ3) is 3.91. The van der Waals surface area contributed by atoms with Crippen molar-refractivity contribution in [2.75, 3.05) is 32.1 Å². The first-order valence-electron chi connectivity index (χ1n) is 7.43. The Hall–Kier alpha value is -1.30. The van der Waals surface area contributed by atoms with Gasteiger partial charge in [-0.25, -0.2) is 0 Å². The number of halogens is 1. The van der Waals surface area contributed by atoms with Crippen LogP contribution in [0.2, 0.25) is 5.02 Å². The first kappa shape index (κ1) is 17.1. The highest BCUT2D eigenvalue weighted by atomic mass is 35.5. The number of hydrogen-bond acceptors (Lipinski definition) is 4. The monoisotopic (exact) mass is 326 g/mol. The third-order valence-electron chi connectivity index (χ3n) is 3.94. The summed E-state index contributed by atoms with van der Waals surface area (Å²) in [4.78, 5) is 14.6. The van der Waals surface area contributed by atoms with Crippen molar-refractivity contribution in [2.24, 2.45) is 0 Å². The molecule has 1 aromatic carbocycles. The molecular formula is C16H23ClN2O3. The van der Waals surface area contributed by atoms with Crippen molar-refractivity contribution < 1.29 is 14.3 Å². The minimum Gasteiger partial charge on any atom is -0.495 e. The summed E-state index contributed by atoms with van der Waals surface area (Å²) in [6.07, 6.45) is 0.149. The van der Waals surface area contributed by atoms with Gasteiger partial charge in [0.25, 0.3) is 0 Å². The Morgan fingerprint density at radius 1 is 1.55 bits per heavy atom. The van der Waals surface area contributed by atoms with E-state index in [9.17, 15) is 4.79 Å². The Kier molecular flexibility index (Phi) is 5.67. The van der Waals surface area contributed by atoms with Gasteiger partial charge in [-0.15, -0.1) is 0 Å². The lowest BCUT2D eigenvalue weighted by molar-refractivity contribution is -0.123. The highest BCUT2D eigenvalue weighted by Gasteiger charge is 2.26. The Balaban J connectivity index is 2.09. The number of ether oxygens (including phenoxy) is 2. The van der Waals surface area contributed by atoms with Crippen molar-refractivity contribution in [3.63, 3.8) is 0 Å². The Bertz CT molecular complexity index is 550. The molecule has 0 bridgehead atoms. The normalized spacial score (nSPS) is 20.5. The average molecular weight is 327 g/mol. The van der Waals surface area contributed by atoms with E-state index in [2.05, 4.69) is 10.2 Å². The molecule has 0 aromatic heterocycles. The summed E-state index contributed by atoms with van der Waals surface area (Å²) < 4.78 is 10.8. The predicted octanol–water partition coefficient (Wildman–Crippen LogP) is 2.70. The van der Waals surface area contributed by atoms with Gasteiger partial charge in [-0.2, -0.15) is 0 Å². The van der Waals surface area contributed by atoms with Gasteiger partial charge in [0.2, 0.25) is 5.91 Å². The third-order valence-corrected chi connectivity index (χ3v) is 4.35. The molecular weight excluding hydrogens is 304 g/mol. The van der Waals surface area contributed by atoms with Crippen LogP contribution in [0.15, 0.2) is 12.1 Å². The van der Waals surface area contributed by atoms with Crippen LogP contribution in [0.5, 0.6) is 5.75 Å². The van der Waals surface area contributed by atoms with E-state index in [4.69, 9.17) is 21.1 Å². The van der Waals surface area contributed by atoms with Crippen molar-refractivity contribution in [1.29, 1.82) is 0 Å². The number of carbonyl (C=O) groups is 1. The maximum Gasteiger partial charge on any atom is 0.241 e. The average Bonchev–Trinajstić information content (AvgIpc) is 2.49. The van der Waals surface area contributed by atoms with Crippen molar-refractivity contribution in [3.05, 3.63) is 22.7 Å². The van der Waals surface area contributed by atoms with Gasteiger partial charge in [0.1, 0.15) is 5.75 Å². The molecule has 2 rings (SSSR count). The number of methoxy groups -OCH3 is 1. The van der Waals surface area contributed by atoms with E-state index in [0.29, 0.717) is 23.1 Å². The maximum atomic E-state index is 12.5. The minimum absolute atomic E-state index is 0.0610. The van der Waals surface area contributed by atoms with E-state index in [1.54, 1.807) is 13.2 Å². The summed E-state index contributed by atoms with van der Waals surface area (Å²) in [7, 11) is 1.56. The second-order valence-electron chi connectivity index (χ2n) is 5.64. The lowest BCUT2D eigenvalue weighted by atomic mass is 10.1. The van der Waals surface area contributed by atoms with Gasteiger partial charge in [-0.1, -0.05) is 11.6 Å². The lowest BCUT2D eigenvalue weighted by Gasteiger charge is -2.34. The molecule has 2 atom stereocenters. The molecule has 1 aromatic rings. The van der Waals surface area contributed by atoms with Crippen LogP contribution < -0.4 is 10.1 Å². The Labute approximate surface area is 136 Å². The summed E-state index contributed by atoms with van der Waals surface area (Å²) in [5, 5.41) is 3.55. The van der Waals surface area contributed by atoms with E-state index >= 15 is 0 Å². The summed E-state index contributed by atoms with van der Waals surface area (Å²) in [5.41, 5.74) is 1.54. The molecule has 1 fully saturated rings. The number of aryl methyl sites for hydroxylation is 1. The maximum absolute atomic E-state index is 12.5. The molecule has 1 aliphatic heterocycles. The first-order valence-corrected chi connectivity index (χ1v) is 7.80. The Morgan fingerprint density at radius 2 is 2.27 bits per heavy atom. The van der Waals surface area contributed by atoms with Gasteiger partial charge >= 0.3 is 0 Å². The molecule has 122 valence electrons. The minimum atomic E-state index is -0.230. The predicted molar refractivity (Wildman–Crippen MR) is 87.8 cm³/mol. The van der Waals surface area contributed by atoms with E-state index in [1.165, 1.54) is 0 Å². The van der Waals surface area contributed by atoms with Crippen LogP contribution in [0.4, 0.5) is 5.69 Å². The summed E-state index contributed by atoms with van der Waals surface area (Å²) in [6, 6.07) is 3.31. The molecule has 0 saturated carbocycles. The van der Waals surface area contributed by atoms with Crippen LogP contribution in [-0.2, 0) is 9.53 Å². The number of nitrogens with zero attached hydrogens (tertiary/aromatic N) is 1. The second-order valence-corrected chi connectivity index (χ2v) is 6.05. The molecule has 1 heterocycles. The largest absolute Gasteiger partial charge is 0.495 e. The second kappa shape index (κ2) is 7.31. The van der Waals surface area contributed by atoms with Crippen molar-refractivity contribution in [1.82, 2.24) is 4.90 Å². The van der Waals surface area contributed by atoms with Crippen molar-refractivity contribution in [2.45, 2.75) is 32.9 Å². The molecule has 0 spiro atoms. The van der Waals surface area contributed by atoms with Gasteiger partial charge in [0.05, 0.1) is 31.5 Å². The standard InChI is InChI=1S/C16H23ClN2O3/c1-10-7-14(15(21-4)8-13(10)17)18-16(20)12(3)19-5-6-22-11(2)9-19/h7-8,11-12H,5-6,9H2,1-4H3,(H,18,20)/t11-,12+/m0/s1. The van der Waals surface area contributed by atoms with E-state index in [1.807, 2.05) is 26.8 Å². The Morgan fingerprint density at radius 3 is 2.91 bits per heavy atom. The van der Waals surface area contributed by atoms with Crippen LogP contribution >= 0.6 is 11.6 Å². The SMILES string of the molecule is COc1cc(Cl)c(C)cc1NC(=O)[C@@H](C)N1CCO[C@@H](C)C1. The number of carbonyl (C=O) groups excluding carboxylic acids is 1. The zero-order valence-corrected chi connectivity index (χ0v) is 14.2. The summed E-state index contributed by atoms with van der Waals surface area (Å²) >= 11 is 6.09. The van der Waals surface area contributed by atoms with Crippen LogP contribution in [0.1, 0.15) is 19.4 Å². The number of anilines is 1. The van der Waals surface area contributed by atoms with Crippen LogP contribution in [0.25, 0.3) is 0 Å². The molecule has 1 N–H and O–H groups in total. The van der Waals surface area contributed by atoms with E-state index in [-0.39, 0.29) is 18.1 Å². The first-order chi connectivity index (χ1) is 10.4. The zero-order valence-electron chi connectivity index (χ0n) is 13.5. The van der Waals surface area contributed by atoms with Gasteiger partial charge in [-0.3, -0.25) is 9.69 Å². The molecule has 1 saturated heterocycles. The highest BCUT2D eigenvalue weighted by Crippen LogP contribution is 2.31. The zero-order chi connectivity index (χ0) is 16.3. The fraction of sp³-hybridized carbons (Fsp3) is 0.562. The topological polar surface area (TPSA) is 50.8 Å². The number of amides is 1. The number of hydrogen-bond donors (Lipinski definition) is 1. The van der Waals surface area contributed by atoms with Gasteiger partial charge in [0, 0.05) is 24.2 Å². The molecule has 5 nitrogen and oxygen atoms in total. The molecule has 6 heteroatoms. The molecule has 1 amide bonds. The number of morpholine rings is 1. The fourth-order valence-corrected chi connectivity index (χ4v) is 2.68. The van der Waals surface area contributed by atoms with E-state index < -0.39 is 0 Å².